The molecule has 4 nitrogen and oxygen atoms in total. The topological polar surface area (TPSA) is 44.8 Å². The number of benzene rings is 1. The first-order valence-corrected chi connectivity index (χ1v) is 10.6. The van der Waals surface area contributed by atoms with E-state index in [-0.39, 0.29) is 29.2 Å². The Labute approximate surface area is 168 Å². The second kappa shape index (κ2) is 8.52. The first kappa shape index (κ1) is 20.6. The van der Waals surface area contributed by atoms with Crippen LogP contribution in [-0.4, -0.2) is 35.8 Å². The van der Waals surface area contributed by atoms with Crippen molar-refractivity contribution in [3.63, 3.8) is 0 Å². The van der Waals surface area contributed by atoms with E-state index in [4.69, 9.17) is 25.8 Å². The summed E-state index contributed by atoms with van der Waals surface area (Å²) in [4.78, 5) is 12.5. The van der Waals surface area contributed by atoms with Gasteiger partial charge in [0, 0.05) is 22.4 Å². The van der Waals surface area contributed by atoms with Crippen LogP contribution < -0.4 is 0 Å². The van der Waals surface area contributed by atoms with Crippen LogP contribution in [0.2, 0.25) is 5.02 Å². The molecule has 3 unspecified atom stereocenters. The van der Waals surface area contributed by atoms with Crippen molar-refractivity contribution >= 4 is 29.3 Å². The molecule has 1 spiro atoms. The highest BCUT2D eigenvalue weighted by Crippen LogP contribution is 2.43. The molecule has 148 valence electrons. The summed E-state index contributed by atoms with van der Waals surface area (Å²) in [5.41, 5.74) is 1.40. The van der Waals surface area contributed by atoms with Gasteiger partial charge in [0.1, 0.15) is 5.82 Å². The minimum Gasteiger partial charge on any atom is -0.463 e. The first-order chi connectivity index (χ1) is 12.8. The van der Waals surface area contributed by atoms with Crippen molar-refractivity contribution in [1.82, 2.24) is 0 Å². The Morgan fingerprint density at radius 1 is 1.37 bits per heavy atom. The van der Waals surface area contributed by atoms with Crippen molar-refractivity contribution < 1.29 is 23.4 Å². The van der Waals surface area contributed by atoms with E-state index in [0.717, 1.165) is 5.56 Å². The van der Waals surface area contributed by atoms with Gasteiger partial charge in [0.25, 0.3) is 0 Å². The summed E-state index contributed by atoms with van der Waals surface area (Å²) in [5.74, 6) is -0.994. The van der Waals surface area contributed by atoms with E-state index < -0.39 is 5.79 Å². The minimum atomic E-state index is -0.856. The molecule has 1 aliphatic carbocycles. The van der Waals surface area contributed by atoms with Gasteiger partial charge in [0.15, 0.2) is 5.79 Å². The number of thioether (sulfide) groups is 1. The van der Waals surface area contributed by atoms with Gasteiger partial charge in [-0.1, -0.05) is 17.7 Å². The van der Waals surface area contributed by atoms with Gasteiger partial charge in [-0.05, 0) is 51.0 Å². The average molecular weight is 415 g/mol. The van der Waals surface area contributed by atoms with E-state index in [0.29, 0.717) is 35.8 Å². The van der Waals surface area contributed by atoms with Crippen molar-refractivity contribution in [3.05, 3.63) is 46.3 Å². The number of ether oxygens (including phenoxy) is 3. The molecule has 1 aromatic carbocycles. The molecule has 0 aromatic heterocycles. The van der Waals surface area contributed by atoms with E-state index in [2.05, 4.69) is 0 Å². The fourth-order valence-electron chi connectivity index (χ4n) is 3.33. The van der Waals surface area contributed by atoms with Crippen molar-refractivity contribution in [3.8, 4) is 0 Å². The number of hydrogen-bond donors (Lipinski definition) is 0. The molecule has 2 aliphatic rings. The Hall–Kier alpha value is -1.08. The summed E-state index contributed by atoms with van der Waals surface area (Å²) in [6.07, 6.45) is 3.10. The molecule has 1 aliphatic heterocycles. The van der Waals surface area contributed by atoms with Crippen LogP contribution in [0, 0.1) is 5.82 Å². The number of carbonyl (C=O) groups is 1. The monoisotopic (exact) mass is 414 g/mol. The molecule has 1 heterocycles. The molecular formula is C20H24ClFO4S. The largest absolute Gasteiger partial charge is 0.463 e. The fraction of sp³-hybridized carbons (Fsp3) is 0.550. The van der Waals surface area contributed by atoms with Gasteiger partial charge in [0.05, 0.1) is 24.4 Å². The second-order valence-electron chi connectivity index (χ2n) is 6.85. The van der Waals surface area contributed by atoms with E-state index in [9.17, 15) is 9.18 Å². The SMILES string of the molecule is CCOC(=O)C1=CC2(CCC1SCc1ccc(F)cc1Cl)OC(C)[C@@H](C)O2. The van der Waals surface area contributed by atoms with Crippen LogP contribution >= 0.6 is 23.4 Å². The fourth-order valence-corrected chi connectivity index (χ4v) is 4.91. The average Bonchev–Trinajstić information content (AvgIpc) is 2.89. The highest BCUT2D eigenvalue weighted by atomic mass is 35.5. The van der Waals surface area contributed by atoms with Gasteiger partial charge in [-0.25, -0.2) is 9.18 Å². The molecule has 0 bridgehead atoms. The molecule has 0 saturated carbocycles. The molecule has 3 rings (SSSR count). The molecule has 4 atom stereocenters. The van der Waals surface area contributed by atoms with Gasteiger partial charge in [0.2, 0.25) is 0 Å². The van der Waals surface area contributed by atoms with Crippen molar-refractivity contribution in [2.45, 2.75) is 62.6 Å². The third kappa shape index (κ3) is 4.67. The maximum Gasteiger partial charge on any atom is 0.335 e. The van der Waals surface area contributed by atoms with Crippen LogP contribution in [0.25, 0.3) is 0 Å². The summed E-state index contributed by atoms with van der Waals surface area (Å²) >= 11 is 7.72. The molecular weight excluding hydrogens is 391 g/mol. The third-order valence-electron chi connectivity index (χ3n) is 4.88. The standard InChI is InChI=1S/C20H24ClFO4S/c1-4-24-19(23)16-10-20(25-12(2)13(3)26-20)8-7-18(16)27-11-14-5-6-15(22)9-17(14)21/h5-6,9-10,12-13,18H,4,7-8,11H2,1-3H3/t12-,13?,18?,20?/m1/s1. The van der Waals surface area contributed by atoms with Crippen LogP contribution in [0.15, 0.2) is 29.8 Å². The summed E-state index contributed by atoms with van der Waals surface area (Å²) in [5, 5.41) is 0.329. The third-order valence-corrected chi connectivity index (χ3v) is 6.60. The normalized spacial score (nSPS) is 30.4. The predicted octanol–water partition coefficient (Wildman–Crippen LogP) is 4.88. The zero-order valence-corrected chi connectivity index (χ0v) is 17.2. The van der Waals surface area contributed by atoms with Crippen molar-refractivity contribution in [1.29, 1.82) is 0 Å². The Balaban J connectivity index is 1.78. The smallest absolute Gasteiger partial charge is 0.335 e. The summed E-state index contributed by atoms with van der Waals surface area (Å²) in [7, 11) is 0. The molecule has 1 saturated heterocycles. The number of rotatable bonds is 5. The maximum atomic E-state index is 13.2. The van der Waals surface area contributed by atoms with Crippen LogP contribution in [0.1, 0.15) is 39.2 Å². The van der Waals surface area contributed by atoms with Gasteiger partial charge in [-0.15, -0.1) is 11.8 Å². The van der Waals surface area contributed by atoms with E-state index in [1.807, 2.05) is 13.8 Å². The molecule has 0 radical (unpaired) electrons. The molecule has 0 N–H and O–H groups in total. The quantitative estimate of drug-likeness (QED) is 0.642. The predicted molar refractivity (Wildman–Crippen MR) is 104 cm³/mol. The lowest BCUT2D eigenvalue weighted by molar-refractivity contribution is -0.149. The Morgan fingerprint density at radius 3 is 2.70 bits per heavy atom. The molecule has 1 fully saturated rings. The zero-order valence-electron chi connectivity index (χ0n) is 15.7. The second-order valence-corrected chi connectivity index (χ2v) is 8.45. The lowest BCUT2D eigenvalue weighted by Crippen LogP contribution is -2.37. The Bertz CT molecular complexity index is 729. The molecule has 27 heavy (non-hydrogen) atoms. The Morgan fingerprint density at radius 2 is 2.07 bits per heavy atom. The van der Waals surface area contributed by atoms with Gasteiger partial charge < -0.3 is 14.2 Å². The summed E-state index contributed by atoms with van der Waals surface area (Å²) in [6.45, 7) is 6.02. The molecule has 1 aromatic rings. The van der Waals surface area contributed by atoms with Crippen LogP contribution in [0.3, 0.4) is 0 Å². The van der Waals surface area contributed by atoms with Crippen LogP contribution in [-0.2, 0) is 24.8 Å². The summed E-state index contributed by atoms with van der Waals surface area (Å²) in [6, 6.07) is 4.37. The highest BCUT2D eigenvalue weighted by Gasteiger charge is 2.47. The van der Waals surface area contributed by atoms with Crippen LogP contribution in [0.4, 0.5) is 4.39 Å². The maximum absolute atomic E-state index is 13.2. The summed E-state index contributed by atoms with van der Waals surface area (Å²) < 4.78 is 30.5. The number of esters is 1. The number of carbonyl (C=O) groups excluding carboxylic acids is 1. The Kier molecular flexibility index (Phi) is 6.51. The van der Waals surface area contributed by atoms with Gasteiger partial charge in [-0.2, -0.15) is 0 Å². The van der Waals surface area contributed by atoms with Crippen molar-refractivity contribution in [2.24, 2.45) is 0 Å². The molecule has 0 amide bonds. The van der Waals surface area contributed by atoms with E-state index in [1.54, 1.807) is 30.8 Å². The lowest BCUT2D eigenvalue weighted by atomic mass is 9.94. The minimum absolute atomic E-state index is 0.0353. The first-order valence-electron chi connectivity index (χ1n) is 9.14. The van der Waals surface area contributed by atoms with E-state index >= 15 is 0 Å². The van der Waals surface area contributed by atoms with Gasteiger partial charge in [-0.3, -0.25) is 0 Å². The van der Waals surface area contributed by atoms with Crippen LogP contribution in [0.5, 0.6) is 0 Å². The number of halogens is 2. The highest BCUT2D eigenvalue weighted by molar-refractivity contribution is 7.99. The lowest BCUT2D eigenvalue weighted by Gasteiger charge is -2.33. The van der Waals surface area contributed by atoms with Gasteiger partial charge >= 0.3 is 5.97 Å². The molecule has 7 heteroatoms. The van der Waals surface area contributed by atoms with E-state index in [1.165, 1.54) is 12.1 Å². The zero-order chi connectivity index (χ0) is 19.6. The number of hydrogen-bond acceptors (Lipinski definition) is 5. The van der Waals surface area contributed by atoms with Crippen molar-refractivity contribution in [2.75, 3.05) is 6.61 Å².